The lowest BCUT2D eigenvalue weighted by Crippen LogP contribution is -2.28. The van der Waals surface area contributed by atoms with Crippen LogP contribution >= 0.6 is 0 Å². The van der Waals surface area contributed by atoms with Gasteiger partial charge in [-0.25, -0.2) is 4.98 Å². The number of aromatic hydroxyl groups is 1. The van der Waals surface area contributed by atoms with Crippen LogP contribution < -0.4 is 4.90 Å². The monoisotopic (exact) mass is 309 g/mol. The Hall–Kier alpha value is -2.82. The van der Waals surface area contributed by atoms with E-state index in [-0.39, 0.29) is 11.7 Å². The Morgan fingerprint density at radius 2 is 1.96 bits per heavy atom. The molecule has 0 aliphatic rings. The second-order valence-corrected chi connectivity index (χ2v) is 5.47. The number of aromatic nitrogens is 2. The molecule has 0 saturated heterocycles. The maximum Gasteiger partial charge on any atom is 0.276 e. The van der Waals surface area contributed by atoms with Crippen molar-refractivity contribution in [3.63, 3.8) is 0 Å². The highest BCUT2D eigenvalue weighted by molar-refractivity contribution is 6.06. The highest BCUT2D eigenvalue weighted by Crippen LogP contribution is 2.22. The van der Waals surface area contributed by atoms with Crippen LogP contribution in [0.2, 0.25) is 0 Å². The molecule has 1 amide bonds. The SMILES string of the molecule is CCCc1nc2ccccn2c1C(=O)N(C)c1ccc(O)cc1. The molecular formula is C18H19N3O2. The first-order valence-corrected chi connectivity index (χ1v) is 7.65. The van der Waals surface area contributed by atoms with Gasteiger partial charge < -0.3 is 10.0 Å². The molecule has 5 nitrogen and oxygen atoms in total. The fraction of sp³-hybridized carbons (Fsp3) is 0.222. The molecule has 0 aliphatic heterocycles. The van der Waals surface area contributed by atoms with Crippen LogP contribution in [-0.2, 0) is 6.42 Å². The number of pyridine rings is 1. The molecule has 0 spiro atoms. The van der Waals surface area contributed by atoms with Gasteiger partial charge >= 0.3 is 0 Å². The predicted octanol–water partition coefficient (Wildman–Crippen LogP) is 3.27. The zero-order valence-electron chi connectivity index (χ0n) is 13.2. The van der Waals surface area contributed by atoms with E-state index in [2.05, 4.69) is 11.9 Å². The van der Waals surface area contributed by atoms with Gasteiger partial charge in [0, 0.05) is 18.9 Å². The lowest BCUT2D eigenvalue weighted by Gasteiger charge is -2.18. The van der Waals surface area contributed by atoms with Crippen molar-refractivity contribution < 1.29 is 9.90 Å². The van der Waals surface area contributed by atoms with Gasteiger partial charge in [-0.2, -0.15) is 0 Å². The van der Waals surface area contributed by atoms with Crippen molar-refractivity contribution in [1.82, 2.24) is 9.38 Å². The Morgan fingerprint density at radius 3 is 2.65 bits per heavy atom. The lowest BCUT2D eigenvalue weighted by molar-refractivity contribution is 0.0986. The largest absolute Gasteiger partial charge is 0.508 e. The van der Waals surface area contributed by atoms with Crippen molar-refractivity contribution >= 4 is 17.2 Å². The molecule has 118 valence electrons. The third kappa shape index (κ3) is 2.77. The number of rotatable bonds is 4. The number of amides is 1. The number of aryl methyl sites for hydroxylation is 1. The molecule has 0 unspecified atom stereocenters. The molecule has 23 heavy (non-hydrogen) atoms. The number of hydrogen-bond acceptors (Lipinski definition) is 3. The van der Waals surface area contributed by atoms with Crippen LogP contribution in [0.4, 0.5) is 5.69 Å². The summed E-state index contributed by atoms with van der Waals surface area (Å²) in [5.74, 6) is 0.0638. The van der Waals surface area contributed by atoms with Gasteiger partial charge in [-0.3, -0.25) is 9.20 Å². The van der Waals surface area contributed by atoms with Gasteiger partial charge in [0.1, 0.15) is 17.1 Å². The molecular weight excluding hydrogens is 290 g/mol. The molecule has 0 atom stereocenters. The molecule has 1 aromatic carbocycles. The fourth-order valence-corrected chi connectivity index (χ4v) is 2.63. The molecule has 0 fully saturated rings. The molecule has 2 heterocycles. The van der Waals surface area contributed by atoms with Crippen molar-refractivity contribution in [2.45, 2.75) is 19.8 Å². The summed E-state index contributed by atoms with van der Waals surface area (Å²) >= 11 is 0. The third-order valence-electron chi connectivity index (χ3n) is 3.83. The summed E-state index contributed by atoms with van der Waals surface area (Å²) in [6.45, 7) is 2.07. The van der Waals surface area contributed by atoms with E-state index >= 15 is 0 Å². The highest BCUT2D eigenvalue weighted by atomic mass is 16.3. The van der Waals surface area contributed by atoms with Crippen molar-refractivity contribution in [3.8, 4) is 5.75 Å². The van der Waals surface area contributed by atoms with Gasteiger partial charge in [-0.1, -0.05) is 19.4 Å². The number of hydrogen-bond donors (Lipinski definition) is 1. The average molecular weight is 309 g/mol. The van der Waals surface area contributed by atoms with Crippen molar-refractivity contribution in [2.75, 3.05) is 11.9 Å². The van der Waals surface area contributed by atoms with Gasteiger partial charge in [-0.15, -0.1) is 0 Å². The van der Waals surface area contributed by atoms with Crippen LogP contribution in [0.5, 0.6) is 5.75 Å². The zero-order chi connectivity index (χ0) is 16.4. The quantitative estimate of drug-likeness (QED) is 0.804. The standard InChI is InChI=1S/C18H19N3O2/c1-3-6-15-17(21-12-5-4-7-16(21)19-15)18(23)20(2)13-8-10-14(22)11-9-13/h4-5,7-12,22H,3,6H2,1-2H3. The summed E-state index contributed by atoms with van der Waals surface area (Å²) in [6.07, 6.45) is 3.54. The minimum absolute atomic E-state index is 0.113. The second kappa shape index (κ2) is 6.12. The molecule has 5 heteroatoms. The van der Waals surface area contributed by atoms with Gasteiger partial charge in [0.2, 0.25) is 0 Å². The normalized spacial score (nSPS) is 10.9. The average Bonchev–Trinajstić information content (AvgIpc) is 2.92. The Morgan fingerprint density at radius 1 is 1.22 bits per heavy atom. The Labute approximate surface area is 134 Å². The molecule has 0 radical (unpaired) electrons. The van der Waals surface area contributed by atoms with E-state index in [1.165, 1.54) is 0 Å². The van der Waals surface area contributed by atoms with Crippen LogP contribution in [0.15, 0.2) is 48.7 Å². The number of phenolic OH excluding ortho intramolecular Hbond substituents is 1. The number of fused-ring (bicyclic) bond motifs is 1. The Kier molecular flexibility index (Phi) is 4.02. The summed E-state index contributed by atoms with van der Waals surface area (Å²) in [5, 5.41) is 9.40. The van der Waals surface area contributed by atoms with Crippen LogP contribution in [0.1, 0.15) is 29.5 Å². The molecule has 3 aromatic rings. The third-order valence-corrected chi connectivity index (χ3v) is 3.83. The van der Waals surface area contributed by atoms with Crippen LogP contribution in [0.25, 0.3) is 5.65 Å². The molecule has 2 aromatic heterocycles. The van der Waals surface area contributed by atoms with Crippen molar-refractivity contribution in [1.29, 1.82) is 0 Å². The van der Waals surface area contributed by atoms with E-state index in [1.807, 2.05) is 28.8 Å². The maximum atomic E-state index is 13.0. The second-order valence-electron chi connectivity index (χ2n) is 5.47. The van der Waals surface area contributed by atoms with Gasteiger partial charge in [0.15, 0.2) is 0 Å². The lowest BCUT2D eigenvalue weighted by atomic mass is 10.2. The smallest absolute Gasteiger partial charge is 0.276 e. The van der Waals surface area contributed by atoms with Crippen molar-refractivity contribution in [3.05, 3.63) is 60.0 Å². The van der Waals surface area contributed by atoms with Gasteiger partial charge in [0.25, 0.3) is 5.91 Å². The summed E-state index contributed by atoms with van der Waals surface area (Å²) in [6, 6.07) is 12.3. The topological polar surface area (TPSA) is 57.8 Å². The maximum absolute atomic E-state index is 13.0. The molecule has 0 aliphatic carbocycles. The first kappa shape index (κ1) is 15.1. The summed E-state index contributed by atoms with van der Waals surface area (Å²) < 4.78 is 1.84. The number of imidazole rings is 1. The van der Waals surface area contributed by atoms with E-state index in [0.717, 1.165) is 29.9 Å². The van der Waals surface area contributed by atoms with Crippen molar-refractivity contribution in [2.24, 2.45) is 0 Å². The van der Waals surface area contributed by atoms with E-state index in [1.54, 1.807) is 36.2 Å². The number of nitrogens with zero attached hydrogens (tertiary/aromatic N) is 3. The molecule has 3 rings (SSSR count). The van der Waals surface area contributed by atoms with E-state index in [4.69, 9.17) is 0 Å². The molecule has 0 saturated carbocycles. The molecule has 1 N–H and O–H groups in total. The first-order chi connectivity index (χ1) is 11.1. The summed E-state index contributed by atoms with van der Waals surface area (Å²) in [5.41, 5.74) is 2.91. The minimum atomic E-state index is -0.113. The Balaban J connectivity index is 2.05. The van der Waals surface area contributed by atoms with Crippen LogP contribution in [0, 0.1) is 0 Å². The number of carbonyl (C=O) groups is 1. The number of carbonyl (C=O) groups excluding carboxylic acids is 1. The van der Waals surface area contributed by atoms with Gasteiger partial charge in [0.05, 0.1) is 5.69 Å². The summed E-state index contributed by atoms with van der Waals surface area (Å²) in [7, 11) is 1.73. The molecule has 0 bridgehead atoms. The van der Waals surface area contributed by atoms with E-state index < -0.39 is 0 Å². The predicted molar refractivity (Wildman–Crippen MR) is 90.0 cm³/mol. The minimum Gasteiger partial charge on any atom is -0.508 e. The number of anilines is 1. The van der Waals surface area contributed by atoms with Gasteiger partial charge in [-0.05, 0) is 42.8 Å². The first-order valence-electron chi connectivity index (χ1n) is 7.65. The van der Waals surface area contributed by atoms with E-state index in [9.17, 15) is 9.90 Å². The fourth-order valence-electron chi connectivity index (χ4n) is 2.63. The zero-order valence-corrected chi connectivity index (χ0v) is 13.2. The van der Waals surface area contributed by atoms with Crippen LogP contribution in [-0.4, -0.2) is 27.4 Å². The number of phenols is 1. The van der Waals surface area contributed by atoms with Crippen LogP contribution in [0.3, 0.4) is 0 Å². The highest BCUT2D eigenvalue weighted by Gasteiger charge is 2.22. The number of benzene rings is 1. The Bertz CT molecular complexity index is 837. The van der Waals surface area contributed by atoms with E-state index in [0.29, 0.717) is 5.69 Å². The summed E-state index contributed by atoms with van der Waals surface area (Å²) in [4.78, 5) is 19.2.